The van der Waals surface area contributed by atoms with Gasteiger partial charge >= 0.3 is 0 Å². The van der Waals surface area contributed by atoms with Crippen LogP contribution in [0.15, 0.2) is 0 Å². The molecule has 2 N–H and O–H groups in total. The zero-order chi connectivity index (χ0) is 10.9. The van der Waals surface area contributed by atoms with Gasteiger partial charge in [-0.25, -0.2) is 0 Å². The third-order valence-electron chi connectivity index (χ3n) is 1.51. The Balaban J connectivity index is 0. The standard InChI is InChI=1S/C7H14N2O2.C2H6/c1-5(10)6(8-2)4-7(11)9-3;1-2/h6,8H,4H2,1-3H3,(H,9,11);1-2H3. The SMILES string of the molecule is CC.CNC(=O)CC(NC)C(C)=O. The first-order chi connectivity index (χ1) is 6.11. The highest BCUT2D eigenvalue weighted by Crippen LogP contribution is 1.91. The van der Waals surface area contributed by atoms with E-state index >= 15 is 0 Å². The van der Waals surface area contributed by atoms with Crippen molar-refractivity contribution in [2.24, 2.45) is 0 Å². The van der Waals surface area contributed by atoms with E-state index in [9.17, 15) is 9.59 Å². The molecule has 0 heterocycles. The van der Waals surface area contributed by atoms with Crippen molar-refractivity contribution in [1.82, 2.24) is 10.6 Å². The summed E-state index contributed by atoms with van der Waals surface area (Å²) in [4.78, 5) is 21.6. The minimum absolute atomic E-state index is 0.0175. The molecule has 1 amide bonds. The van der Waals surface area contributed by atoms with E-state index in [1.54, 1.807) is 14.1 Å². The molecule has 0 aliphatic carbocycles. The largest absolute Gasteiger partial charge is 0.359 e. The topological polar surface area (TPSA) is 58.2 Å². The molecule has 13 heavy (non-hydrogen) atoms. The van der Waals surface area contributed by atoms with Crippen molar-refractivity contribution in [1.29, 1.82) is 0 Å². The number of nitrogens with one attached hydrogen (secondary N) is 2. The summed E-state index contributed by atoms with van der Waals surface area (Å²) >= 11 is 0. The Morgan fingerprint density at radius 2 is 1.69 bits per heavy atom. The second-order valence-corrected chi connectivity index (χ2v) is 2.33. The molecule has 0 aromatic heterocycles. The van der Waals surface area contributed by atoms with Crippen molar-refractivity contribution >= 4 is 11.7 Å². The molecule has 4 heteroatoms. The first-order valence-corrected chi connectivity index (χ1v) is 4.50. The van der Waals surface area contributed by atoms with Gasteiger partial charge in [-0.1, -0.05) is 13.8 Å². The van der Waals surface area contributed by atoms with Crippen LogP contribution >= 0.6 is 0 Å². The van der Waals surface area contributed by atoms with E-state index in [2.05, 4.69) is 10.6 Å². The molecule has 4 nitrogen and oxygen atoms in total. The average molecular weight is 188 g/mol. The number of Topliss-reactive ketones (excluding diaryl/α,β-unsaturated/α-hetero) is 1. The molecule has 0 saturated heterocycles. The molecule has 0 aromatic rings. The maximum atomic E-state index is 10.8. The first kappa shape index (κ1) is 14.6. The number of carbonyl (C=O) groups is 2. The Morgan fingerprint density at radius 1 is 1.23 bits per heavy atom. The van der Waals surface area contributed by atoms with Crippen LogP contribution in [0.2, 0.25) is 0 Å². The van der Waals surface area contributed by atoms with Crippen LogP contribution in [0.3, 0.4) is 0 Å². The minimum Gasteiger partial charge on any atom is -0.359 e. The predicted octanol–water partition coefficient (Wildman–Crippen LogP) is 0.326. The number of amides is 1. The van der Waals surface area contributed by atoms with Crippen LogP contribution < -0.4 is 10.6 Å². The predicted molar refractivity (Wildman–Crippen MR) is 53.6 cm³/mol. The maximum absolute atomic E-state index is 10.8. The van der Waals surface area contributed by atoms with E-state index in [-0.39, 0.29) is 24.2 Å². The molecule has 0 aromatic carbocycles. The molecule has 0 aliphatic heterocycles. The summed E-state index contributed by atoms with van der Waals surface area (Å²) < 4.78 is 0. The van der Waals surface area contributed by atoms with Crippen molar-refractivity contribution in [3.8, 4) is 0 Å². The number of hydrogen-bond donors (Lipinski definition) is 2. The normalized spacial score (nSPS) is 10.8. The van der Waals surface area contributed by atoms with Gasteiger partial charge in [0.2, 0.25) is 5.91 Å². The van der Waals surface area contributed by atoms with Crippen molar-refractivity contribution < 1.29 is 9.59 Å². The smallest absolute Gasteiger partial charge is 0.221 e. The molecule has 78 valence electrons. The fourth-order valence-electron chi connectivity index (χ4n) is 0.737. The van der Waals surface area contributed by atoms with Crippen molar-refractivity contribution in [3.05, 3.63) is 0 Å². The highest BCUT2D eigenvalue weighted by Gasteiger charge is 2.14. The van der Waals surface area contributed by atoms with Crippen LogP contribution in [0.1, 0.15) is 27.2 Å². The van der Waals surface area contributed by atoms with Gasteiger partial charge in [0, 0.05) is 13.5 Å². The number of likely N-dealkylation sites (N-methyl/N-ethyl adjacent to an activating group) is 1. The van der Waals surface area contributed by atoms with Crippen molar-refractivity contribution in [3.63, 3.8) is 0 Å². The summed E-state index contributed by atoms with van der Waals surface area (Å²) in [6.45, 7) is 5.46. The highest BCUT2D eigenvalue weighted by molar-refractivity contribution is 5.87. The molecule has 1 atom stereocenters. The van der Waals surface area contributed by atoms with Crippen LogP contribution in [0.5, 0.6) is 0 Å². The highest BCUT2D eigenvalue weighted by atomic mass is 16.2. The molecular weight excluding hydrogens is 168 g/mol. The molecular formula is C9H20N2O2. The molecule has 0 fully saturated rings. The number of ketones is 1. The Kier molecular flexibility index (Phi) is 10.3. The van der Waals surface area contributed by atoms with Crippen LogP contribution in [0.25, 0.3) is 0 Å². The molecule has 0 radical (unpaired) electrons. The Bertz CT molecular complexity index is 158. The van der Waals surface area contributed by atoms with E-state index in [1.807, 2.05) is 13.8 Å². The van der Waals surface area contributed by atoms with Crippen LogP contribution in [-0.2, 0) is 9.59 Å². The third-order valence-corrected chi connectivity index (χ3v) is 1.51. The lowest BCUT2D eigenvalue weighted by atomic mass is 10.1. The molecule has 0 aliphatic rings. The summed E-state index contributed by atoms with van der Waals surface area (Å²) in [7, 11) is 3.21. The van der Waals surface area contributed by atoms with Gasteiger partial charge in [0.1, 0.15) is 5.78 Å². The Hall–Kier alpha value is -0.900. The van der Waals surface area contributed by atoms with Crippen LogP contribution in [0.4, 0.5) is 0 Å². The monoisotopic (exact) mass is 188 g/mol. The Morgan fingerprint density at radius 3 is 1.92 bits per heavy atom. The van der Waals surface area contributed by atoms with Gasteiger partial charge in [-0.15, -0.1) is 0 Å². The molecule has 0 spiro atoms. The van der Waals surface area contributed by atoms with E-state index in [1.165, 1.54) is 6.92 Å². The molecule has 0 saturated carbocycles. The van der Waals surface area contributed by atoms with Gasteiger partial charge in [0.15, 0.2) is 0 Å². The van der Waals surface area contributed by atoms with Gasteiger partial charge < -0.3 is 10.6 Å². The second kappa shape index (κ2) is 9.19. The van der Waals surface area contributed by atoms with Gasteiger partial charge in [0.05, 0.1) is 6.04 Å². The van der Waals surface area contributed by atoms with Gasteiger partial charge in [-0.3, -0.25) is 9.59 Å². The summed E-state index contributed by atoms with van der Waals surface area (Å²) in [6, 6.07) is -0.352. The summed E-state index contributed by atoms with van der Waals surface area (Å²) in [5.41, 5.74) is 0. The van der Waals surface area contributed by atoms with E-state index in [4.69, 9.17) is 0 Å². The third kappa shape index (κ3) is 7.46. The summed E-state index contributed by atoms with van der Waals surface area (Å²) in [6.07, 6.45) is 0.211. The molecule has 1 unspecified atom stereocenters. The van der Waals surface area contributed by atoms with Gasteiger partial charge in [-0.05, 0) is 14.0 Å². The first-order valence-electron chi connectivity index (χ1n) is 4.50. The number of rotatable bonds is 4. The summed E-state index contributed by atoms with van der Waals surface area (Å²) in [5.74, 6) is -0.143. The van der Waals surface area contributed by atoms with E-state index < -0.39 is 0 Å². The molecule has 0 bridgehead atoms. The average Bonchev–Trinajstić information content (AvgIpc) is 2.16. The number of carbonyl (C=O) groups excluding carboxylic acids is 2. The van der Waals surface area contributed by atoms with E-state index in [0.717, 1.165) is 0 Å². The maximum Gasteiger partial charge on any atom is 0.221 e. The lowest BCUT2D eigenvalue weighted by Gasteiger charge is -2.10. The summed E-state index contributed by atoms with van der Waals surface area (Å²) in [5, 5.41) is 5.21. The number of hydrogen-bond acceptors (Lipinski definition) is 3. The quantitative estimate of drug-likeness (QED) is 0.668. The van der Waals surface area contributed by atoms with Gasteiger partial charge in [0.25, 0.3) is 0 Å². The Labute approximate surface area is 80.1 Å². The lowest BCUT2D eigenvalue weighted by molar-refractivity contribution is -0.125. The van der Waals surface area contributed by atoms with Crippen molar-refractivity contribution in [2.45, 2.75) is 33.2 Å². The van der Waals surface area contributed by atoms with Crippen molar-refractivity contribution in [2.75, 3.05) is 14.1 Å². The zero-order valence-electron chi connectivity index (χ0n) is 9.10. The van der Waals surface area contributed by atoms with Gasteiger partial charge in [-0.2, -0.15) is 0 Å². The molecule has 0 rings (SSSR count). The fraction of sp³-hybridized carbons (Fsp3) is 0.778. The lowest BCUT2D eigenvalue weighted by Crippen LogP contribution is -2.37. The second-order valence-electron chi connectivity index (χ2n) is 2.33. The van der Waals surface area contributed by atoms with Crippen LogP contribution in [0, 0.1) is 0 Å². The zero-order valence-corrected chi connectivity index (χ0v) is 9.10. The fourth-order valence-corrected chi connectivity index (χ4v) is 0.737. The minimum atomic E-state index is -0.352. The van der Waals surface area contributed by atoms with E-state index in [0.29, 0.717) is 0 Å². The van der Waals surface area contributed by atoms with Crippen LogP contribution in [-0.4, -0.2) is 31.8 Å².